The maximum absolute atomic E-state index is 5.66. The molecule has 0 fully saturated rings. The third-order valence-corrected chi connectivity index (χ3v) is 5.33. The molecular formula is C24H24O2. The molecule has 0 aliphatic heterocycles. The molecular weight excluding hydrogens is 320 g/mol. The molecule has 0 N–H and O–H groups in total. The van der Waals surface area contributed by atoms with Crippen molar-refractivity contribution in [3.63, 3.8) is 0 Å². The van der Waals surface area contributed by atoms with Crippen molar-refractivity contribution in [3.05, 3.63) is 82.2 Å². The summed E-state index contributed by atoms with van der Waals surface area (Å²) in [6.07, 6.45) is 5.71. The molecule has 1 aliphatic carbocycles. The Kier molecular flexibility index (Phi) is 4.62. The standard InChI is InChI=1S/C24H24O2/c1-25-16-18-8-9-19-10-11-20-12-13-24(17-26-2,15-23(20)22(19)14-18)21-6-4-3-5-7-21/h3-12,14-15H,13,16-17H2,1-2H3. The van der Waals surface area contributed by atoms with Gasteiger partial charge in [-0.15, -0.1) is 0 Å². The molecule has 0 aromatic heterocycles. The van der Waals surface area contributed by atoms with Crippen molar-refractivity contribution >= 4 is 22.9 Å². The van der Waals surface area contributed by atoms with Crippen LogP contribution in [0, 0.1) is 0 Å². The van der Waals surface area contributed by atoms with Gasteiger partial charge in [0.2, 0.25) is 0 Å². The topological polar surface area (TPSA) is 18.5 Å². The zero-order valence-electron chi connectivity index (χ0n) is 15.4. The van der Waals surface area contributed by atoms with Gasteiger partial charge in [0.15, 0.2) is 0 Å². The molecule has 0 radical (unpaired) electrons. The lowest BCUT2D eigenvalue weighted by molar-refractivity contribution is 0.159. The summed E-state index contributed by atoms with van der Waals surface area (Å²) in [5.74, 6) is 0. The van der Waals surface area contributed by atoms with E-state index in [-0.39, 0.29) is 5.41 Å². The fourth-order valence-corrected chi connectivity index (χ4v) is 4.04. The van der Waals surface area contributed by atoms with Gasteiger partial charge in [0.1, 0.15) is 0 Å². The molecule has 3 aromatic carbocycles. The van der Waals surface area contributed by atoms with Crippen molar-refractivity contribution in [2.24, 2.45) is 0 Å². The minimum Gasteiger partial charge on any atom is -0.383 e. The number of benzene rings is 3. The number of methoxy groups -OCH3 is 2. The zero-order valence-corrected chi connectivity index (χ0v) is 15.4. The molecule has 1 unspecified atom stereocenters. The maximum atomic E-state index is 5.66. The van der Waals surface area contributed by atoms with Crippen LogP contribution in [0.3, 0.4) is 0 Å². The predicted molar refractivity (Wildman–Crippen MR) is 107 cm³/mol. The molecule has 2 heteroatoms. The van der Waals surface area contributed by atoms with E-state index in [1.807, 2.05) is 0 Å². The fourth-order valence-electron chi connectivity index (χ4n) is 4.04. The molecule has 4 rings (SSSR count). The average Bonchev–Trinajstić information content (AvgIpc) is 2.69. The van der Waals surface area contributed by atoms with Gasteiger partial charge in [0.25, 0.3) is 0 Å². The molecule has 26 heavy (non-hydrogen) atoms. The lowest BCUT2D eigenvalue weighted by Gasteiger charge is -2.32. The van der Waals surface area contributed by atoms with Crippen LogP contribution >= 0.6 is 0 Å². The average molecular weight is 344 g/mol. The maximum Gasteiger partial charge on any atom is 0.0713 e. The van der Waals surface area contributed by atoms with Gasteiger partial charge in [0.05, 0.1) is 13.2 Å². The summed E-state index contributed by atoms with van der Waals surface area (Å²) in [7, 11) is 3.53. The van der Waals surface area contributed by atoms with E-state index in [0.29, 0.717) is 13.2 Å². The summed E-state index contributed by atoms with van der Waals surface area (Å²) < 4.78 is 11.0. The highest BCUT2D eigenvalue weighted by molar-refractivity contribution is 5.85. The van der Waals surface area contributed by atoms with E-state index in [1.54, 1.807) is 14.2 Å². The molecule has 1 atom stereocenters. The molecule has 0 saturated carbocycles. The van der Waals surface area contributed by atoms with E-state index < -0.39 is 0 Å². The number of fused-ring (bicyclic) bond motifs is 3. The fraction of sp³-hybridized carbons (Fsp3) is 0.250. The van der Waals surface area contributed by atoms with Crippen molar-refractivity contribution in [3.8, 4) is 0 Å². The third-order valence-electron chi connectivity index (χ3n) is 5.33. The van der Waals surface area contributed by atoms with Crippen molar-refractivity contribution in [2.75, 3.05) is 20.8 Å². The molecule has 0 heterocycles. The van der Waals surface area contributed by atoms with Crippen LogP contribution in [0.5, 0.6) is 0 Å². The molecule has 0 amide bonds. The Morgan fingerprint density at radius 1 is 0.923 bits per heavy atom. The van der Waals surface area contributed by atoms with E-state index in [2.05, 4.69) is 72.8 Å². The molecule has 0 saturated heterocycles. The highest BCUT2D eigenvalue weighted by atomic mass is 16.5. The van der Waals surface area contributed by atoms with Crippen LogP contribution in [0.25, 0.3) is 22.9 Å². The Bertz CT molecular complexity index is 1040. The van der Waals surface area contributed by atoms with Crippen LogP contribution in [0.1, 0.15) is 17.5 Å². The Labute approximate surface area is 154 Å². The van der Waals surface area contributed by atoms with Gasteiger partial charge in [0, 0.05) is 19.6 Å². The van der Waals surface area contributed by atoms with Gasteiger partial charge in [-0.2, -0.15) is 0 Å². The first-order valence-corrected chi connectivity index (χ1v) is 9.04. The Balaban J connectivity index is 1.99. The van der Waals surface area contributed by atoms with Crippen LogP contribution in [0.15, 0.2) is 60.7 Å². The summed E-state index contributed by atoms with van der Waals surface area (Å²) in [6.45, 7) is 1.30. The van der Waals surface area contributed by atoms with Gasteiger partial charge < -0.3 is 9.47 Å². The van der Waals surface area contributed by atoms with Crippen LogP contribution in [-0.4, -0.2) is 20.8 Å². The van der Waals surface area contributed by atoms with E-state index >= 15 is 0 Å². The zero-order chi connectivity index (χ0) is 18.0. The second-order valence-corrected chi connectivity index (χ2v) is 7.06. The summed E-state index contributed by atoms with van der Waals surface area (Å²) in [5, 5.41) is 5.14. The second-order valence-electron chi connectivity index (χ2n) is 7.06. The monoisotopic (exact) mass is 344 g/mol. The summed E-state index contributed by atoms with van der Waals surface area (Å²) in [5.41, 5.74) is 2.37. The Hall–Kier alpha value is -2.42. The Morgan fingerprint density at radius 3 is 2.50 bits per heavy atom. The molecule has 0 spiro atoms. The lowest BCUT2D eigenvalue weighted by Crippen LogP contribution is -2.39. The van der Waals surface area contributed by atoms with E-state index in [9.17, 15) is 0 Å². The van der Waals surface area contributed by atoms with Crippen LogP contribution in [0.4, 0.5) is 0 Å². The highest BCUT2D eigenvalue weighted by Gasteiger charge is 2.30. The quantitative estimate of drug-likeness (QED) is 0.705. The molecule has 132 valence electrons. The molecule has 1 aliphatic rings. The van der Waals surface area contributed by atoms with Gasteiger partial charge in [-0.1, -0.05) is 66.7 Å². The minimum atomic E-state index is -0.130. The molecule has 2 nitrogen and oxygen atoms in total. The van der Waals surface area contributed by atoms with Crippen molar-refractivity contribution in [2.45, 2.75) is 18.4 Å². The Morgan fingerprint density at radius 2 is 1.73 bits per heavy atom. The number of hydrogen-bond donors (Lipinski definition) is 0. The van der Waals surface area contributed by atoms with Crippen molar-refractivity contribution in [1.82, 2.24) is 0 Å². The van der Waals surface area contributed by atoms with Gasteiger partial charge >= 0.3 is 0 Å². The minimum absolute atomic E-state index is 0.130. The number of rotatable bonds is 5. The van der Waals surface area contributed by atoms with Crippen LogP contribution in [-0.2, 0) is 21.5 Å². The van der Waals surface area contributed by atoms with Crippen molar-refractivity contribution in [1.29, 1.82) is 0 Å². The smallest absolute Gasteiger partial charge is 0.0713 e. The first kappa shape index (κ1) is 17.0. The van der Waals surface area contributed by atoms with Gasteiger partial charge in [-0.05, 0) is 44.8 Å². The molecule has 3 aromatic rings. The highest BCUT2D eigenvalue weighted by Crippen LogP contribution is 2.32. The van der Waals surface area contributed by atoms with E-state index in [0.717, 1.165) is 6.42 Å². The van der Waals surface area contributed by atoms with Gasteiger partial charge in [-0.3, -0.25) is 0 Å². The molecule has 0 bridgehead atoms. The predicted octanol–water partition coefficient (Wildman–Crippen LogP) is 3.54. The summed E-state index contributed by atoms with van der Waals surface area (Å²) in [6, 6.07) is 21.7. The van der Waals surface area contributed by atoms with Crippen molar-refractivity contribution < 1.29 is 9.47 Å². The second kappa shape index (κ2) is 7.06. The summed E-state index contributed by atoms with van der Waals surface area (Å²) >= 11 is 0. The third kappa shape index (κ3) is 2.96. The van der Waals surface area contributed by atoms with E-state index in [1.165, 1.54) is 32.3 Å². The van der Waals surface area contributed by atoms with Crippen LogP contribution < -0.4 is 10.4 Å². The van der Waals surface area contributed by atoms with Gasteiger partial charge in [-0.25, -0.2) is 0 Å². The summed E-state index contributed by atoms with van der Waals surface area (Å²) in [4.78, 5) is 0. The lowest BCUT2D eigenvalue weighted by atomic mass is 9.75. The number of hydrogen-bond acceptors (Lipinski definition) is 2. The normalized spacial score (nSPS) is 18.8. The van der Waals surface area contributed by atoms with Crippen LogP contribution in [0.2, 0.25) is 0 Å². The van der Waals surface area contributed by atoms with E-state index in [4.69, 9.17) is 9.47 Å². The largest absolute Gasteiger partial charge is 0.383 e. The SMILES string of the molecule is COCc1ccc2ccc3c(c2c1)=CC(COC)(c1ccccc1)CC=3. The first-order chi connectivity index (χ1) is 12.8. The first-order valence-electron chi connectivity index (χ1n) is 9.04. The number of ether oxygens (including phenoxy) is 2.